The highest BCUT2D eigenvalue weighted by atomic mass is 79.9. The Morgan fingerprint density at radius 3 is 2.60 bits per heavy atom. The zero-order valence-electron chi connectivity index (χ0n) is 10.6. The fourth-order valence-electron chi connectivity index (χ4n) is 2.62. The molecule has 3 heteroatoms. The number of alkyl halides is 1. The Morgan fingerprint density at radius 1 is 0.900 bits per heavy atom. The Bertz CT molecular complexity index is 876. The quantitative estimate of drug-likeness (QED) is 0.439. The summed E-state index contributed by atoms with van der Waals surface area (Å²) >= 11 is 5.59. The van der Waals surface area contributed by atoms with Gasteiger partial charge >= 0.3 is 0 Å². The fraction of sp³-hybridized carbons (Fsp3) is 0.0588. The van der Waals surface area contributed by atoms with Crippen LogP contribution in [0, 0.1) is 0 Å². The number of halogens is 1. The molecule has 1 unspecified atom stereocenters. The standard InChI is InChI=1S/C17H12BrNS/c18-17(16-6-3-9-20-16)11-7-8-15-13(10-11)12-4-1-2-5-14(12)19-15/h1-10,17,19H. The predicted octanol–water partition coefficient (Wildman–Crippen LogP) is 5.87. The lowest BCUT2D eigenvalue weighted by Gasteiger charge is -2.08. The van der Waals surface area contributed by atoms with E-state index < -0.39 is 0 Å². The molecule has 0 fully saturated rings. The Labute approximate surface area is 129 Å². The lowest BCUT2D eigenvalue weighted by atomic mass is 10.1. The molecule has 1 nitrogen and oxygen atoms in total. The van der Waals surface area contributed by atoms with Crippen molar-refractivity contribution in [2.45, 2.75) is 4.83 Å². The van der Waals surface area contributed by atoms with Crippen LogP contribution in [0.3, 0.4) is 0 Å². The number of hydrogen-bond acceptors (Lipinski definition) is 1. The molecule has 0 saturated carbocycles. The molecule has 0 spiro atoms. The van der Waals surface area contributed by atoms with Crippen molar-refractivity contribution in [2.24, 2.45) is 0 Å². The van der Waals surface area contributed by atoms with Crippen molar-refractivity contribution < 1.29 is 0 Å². The topological polar surface area (TPSA) is 15.8 Å². The molecule has 2 aromatic heterocycles. The van der Waals surface area contributed by atoms with Crippen LogP contribution in [0.1, 0.15) is 15.3 Å². The van der Waals surface area contributed by atoms with Crippen LogP contribution < -0.4 is 0 Å². The summed E-state index contributed by atoms with van der Waals surface area (Å²) in [5, 5.41) is 4.70. The molecule has 0 saturated heterocycles. The zero-order valence-corrected chi connectivity index (χ0v) is 13.0. The molecule has 1 N–H and O–H groups in total. The first-order valence-electron chi connectivity index (χ1n) is 6.51. The van der Waals surface area contributed by atoms with E-state index in [1.54, 1.807) is 11.3 Å². The Balaban J connectivity index is 1.91. The van der Waals surface area contributed by atoms with Crippen LogP contribution in [0.4, 0.5) is 0 Å². The van der Waals surface area contributed by atoms with Crippen molar-refractivity contribution in [1.29, 1.82) is 0 Å². The Hall–Kier alpha value is -1.58. The first-order chi connectivity index (χ1) is 9.83. The summed E-state index contributed by atoms with van der Waals surface area (Å²) in [4.78, 5) is 5.07. The second-order valence-electron chi connectivity index (χ2n) is 4.85. The van der Waals surface area contributed by atoms with Crippen molar-refractivity contribution >= 4 is 49.1 Å². The number of benzene rings is 2. The Kier molecular flexibility index (Phi) is 2.90. The summed E-state index contributed by atoms with van der Waals surface area (Å²) < 4.78 is 0. The molecule has 0 amide bonds. The van der Waals surface area contributed by atoms with Gasteiger partial charge in [-0.25, -0.2) is 0 Å². The maximum absolute atomic E-state index is 3.81. The summed E-state index contributed by atoms with van der Waals surface area (Å²) in [6.07, 6.45) is 0. The molecule has 0 aliphatic heterocycles. The highest BCUT2D eigenvalue weighted by Crippen LogP contribution is 2.36. The Morgan fingerprint density at radius 2 is 1.75 bits per heavy atom. The molecular formula is C17H12BrNS. The molecule has 0 aliphatic carbocycles. The second-order valence-corrected chi connectivity index (χ2v) is 6.75. The average Bonchev–Trinajstić information content (AvgIpc) is 3.13. The predicted molar refractivity (Wildman–Crippen MR) is 90.9 cm³/mol. The van der Waals surface area contributed by atoms with Crippen molar-refractivity contribution in [2.75, 3.05) is 0 Å². The van der Waals surface area contributed by atoms with Gasteiger partial charge < -0.3 is 4.98 Å². The maximum atomic E-state index is 3.81. The van der Waals surface area contributed by atoms with Crippen LogP contribution >= 0.6 is 27.3 Å². The number of nitrogens with one attached hydrogen (secondary N) is 1. The average molecular weight is 342 g/mol. The van der Waals surface area contributed by atoms with E-state index >= 15 is 0 Å². The van der Waals surface area contributed by atoms with E-state index in [9.17, 15) is 0 Å². The number of aromatic amines is 1. The van der Waals surface area contributed by atoms with Crippen LogP contribution in [-0.2, 0) is 0 Å². The van der Waals surface area contributed by atoms with E-state index in [-0.39, 0.29) is 4.83 Å². The first kappa shape index (κ1) is 12.2. The van der Waals surface area contributed by atoms with E-state index in [1.807, 2.05) is 0 Å². The first-order valence-corrected chi connectivity index (χ1v) is 8.30. The minimum absolute atomic E-state index is 0.264. The largest absolute Gasteiger partial charge is 0.355 e. The van der Waals surface area contributed by atoms with Crippen LogP contribution in [0.2, 0.25) is 0 Å². The molecule has 2 heterocycles. The van der Waals surface area contributed by atoms with E-state index in [4.69, 9.17) is 0 Å². The minimum atomic E-state index is 0.264. The monoisotopic (exact) mass is 341 g/mol. The number of H-pyrrole nitrogens is 1. The van der Waals surface area contributed by atoms with Gasteiger partial charge in [0, 0.05) is 26.7 Å². The van der Waals surface area contributed by atoms with Gasteiger partial charge in [-0.2, -0.15) is 0 Å². The molecule has 0 radical (unpaired) electrons. The smallest absolute Gasteiger partial charge is 0.0738 e. The normalized spacial score (nSPS) is 13.1. The summed E-state index contributed by atoms with van der Waals surface area (Å²) in [6, 6.07) is 19.4. The van der Waals surface area contributed by atoms with E-state index in [0.29, 0.717) is 0 Å². The lowest BCUT2D eigenvalue weighted by Crippen LogP contribution is -1.88. The lowest BCUT2D eigenvalue weighted by molar-refractivity contribution is 1.23. The summed E-state index contributed by atoms with van der Waals surface area (Å²) in [6.45, 7) is 0. The van der Waals surface area contributed by atoms with Gasteiger partial charge in [0.2, 0.25) is 0 Å². The highest BCUT2D eigenvalue weighted by Gasteiger charge is 2.13. The van der Waals surface area contributed by atoms with Crippen molar-refractivity contribution in [3.05, 3.63) is 70.4 Å². The minimum Gasteiger partial charge on any atom is -0.355 e. The molecule has 98 valence electrons. The van der Waals surface area contributed by atoms with Gasteiger partial charge in [-0.15, -0.1) is 11.3 Å². The van der Waals surface area contributed by atoms with Crippen LogP contribution in [0.15, 0.2) is 60.0 Å². The molecule has 0 aliphatic rings. The molecule has 4 aromatic rings. The van der Waals surface area contributed by atoms with Gasteiger partial charge in [-0.05, 0) is 35.2 Å². The zero-order chi connectivity index (χ0) is 13.5. The molecule has 0 bridgehead atoms. The number of para-hydroxylation sites is 1. The number of thiophene rings is 1. The molecule has 1 atom stereocenters. The van der Waals surface area contributed by atoms with Crippen molar-refractivity contribution in [1.82, 2.24) is 4.98 Å². The van der Waals surface area contributed by atoms with Gasteiger partial charge in [0.05, 0.1) is 4.83 Å². The number of aromatic nitrogens is 1. The summed E-state index contributed by atoms with van der Waals surface area (Å²) in [5.74, 6) is 0. The van der Waals surface area contributed by atoms with Crippen molar-refractivity contribution in [3.8, 4) is 0 Å². The van der Waals surface area contributed by atoms with Crippen LogP contribution in [-0.4, -0.2) is 4.98 Å². The molecule has 20 heavy (non-hydrogen) atoms. The van der Waals surface area contributed by atoms with Gasteiger partial charge in [0.25, 0.3) is 0 Å². The highest BCUT2D eigenvalue weighted by molar-refractivity contribution is 9.09. The van der Waals surface area contributed by atoms with Gasteiger partial charge in [-0.1, -0.05) is 46.3 Å². The third-order valence-electron chi connectivity index (χ3n) is 3.62. The maximum Gasteiger partial charge on any atom is 0.0738 e. The SMILES string of the molecule is BrC(c1ccc2[nH]c3ccccc3c2c1)c1cccs1. The van der Waals surface area contributed by atoms with E-state index in [1.165, 1.54) is 32.2 Å². The van der Waals surface area contributed by atoms with Crippen molar-refractivity contribution in [3.63, 3.8) is 0 Å². The van der Waals surface area contributed by atoms with Crippen LogP contribution in [0.25, 0.3) is 21.8 Å². The van der Waals surface area contributed by atoms with E-state index in [2.05, 4.69) is 80.9 Å². The third kappa shape index (κ3) is 1.89. The second kappa shape index (κ2) is 4.76. The fourth-order valence-corrected chi connectivity index (χ4v) is 4.11. The summed E-state index contributed by atoms with van der Waals surface area (Å²) in [7, 11) is 0. The van der Waals surface area contributed by atoms with Gasteiger partial charge in [0.1, 0.15) is 0 Å². The molecular weight excluding hydrogens is 330 g/mol. The third-order valence-corrected chi connectivity index (χ3v) is 5.88. The number of fused-ring (bicyclic) bond motifs is 3. The van der Waals surface area contributed by atoms with Gasteiger partial charge in [0.15, 0.2) is 0 Å². The number of hydrogen-bond donors (Lipinski definition) is 1. The van der Waals surface area contributed by atoms with Crippen LogP contribution in [0.5, 0.6) is 0 Å². The van der Waals surface area contributed by atoms with Gasteiger partial charge in [-0.3, -0.25) is 0 Å². The summed E-state index contributed by atoms with van der Waals surface area (Å²) in [5.41, 5.74) is 3.69. The van der Waals surface area contributed by atoms with E-state index in [0.717, 1.165) is 0 Å². The number of rotatable bonds is 2. The molecule has 4 rings (SSSR count). The molecule has 2 aromatic carbocycles.